The number of nitrogens with zero attached hydrogens (tertiary/aromatic N) is 1. The van der Waals surface area contributed by atoms with E-state index in [0.29, 0.717) is 6.42 Å². The first-order valence-corrected chi connectivity index (χ1v) is 17.8. The summed E-state index contributed by atoms with van der Waals surface area (Å²) in [4.78, 5) is 110. The van der Waals surface area contributed by atoms with E-state index >= 15 is 0 Å². The van der Waals surface area contributed by atoms with Gasteiger partial charge in [-0.15, -0.1) is 0 Å². The summed E-state index contributed by atoms with van der Waals surface area (Å²) in [6.45, 7) is 2.94. The van der Waals surface area contributed by atoms with Gasteiger partial charge in [0.1, 0.15) is 19.4 Å². The summed E-state index contributed by atoms with van der Waals surface area (Å²) < 4.78 is 15.8. The van der Waals surface area contributed by atoms with Crippen LogP contribution >= 0.6 is 0 Å². The van der Waals surface area contributed by atoms with Crippen LogP contribution in [0, 0.1) is 5.92 Å². The minimum absolute atomic E-state index is 0.0341. The van der Waals surface area contributed by atoms with Gasteiger partial charge in [0.25, 0.3) is 11.8 Å². The third-order valence-corrected chi connectivity index (χ3v) is 7.61. The first-order valence-electron chi connectivity index (χ1n) is 17.8. The van der Waals surface area contributed by atoms with Crippen molar-refractivity contribution in [3.05, 3.63) is 48.0 Å². The Bertz CT molecular complexity index is 1480. The van der Waals surface area contributed by atoms with Gasteiger partial charge in [0.15, 0.2) is 5.78 Å². The average molecular weight is 774 g/mol. The summed E-state index contributed by atoms with van der Waals surface area (Å²) in [7, 11) is 0. The zero-order valence-electron chi connectivity index (χ0n) is 31.1. The molecule has 0 saturated carbocycles. The van der Waals surface area contributed by atoms with Gasteiger partial charge in [-0.1, -0.05) is 44.2 Å². The van der Waals surface area contributed by atoms with E-state index in [-0.39, 0.29) is 102 Å². The molecule has 1 aromatic carbocycles. The molecule has 0 saturated heterocycles. The van der Waals surface area contributed by atoms with Crippen molar-refractivity contribution in [1.29, 1.82) is 0 Å². The van der Waals surface area contributed by atoms with E-state index in [2.05, 4.69) is 31.9 Å². The summed E-state index contributed by atoms with van der Waals surface area (Å²) in [5.74, 6) is -4.31. The minimum atomic E-state index is -1.08. The largest absolute Gasteiger partial charge is 0.379 e. The second-order valence-corrected chi connectivity index (χ2v) is 12.4. The molecule has 0 radical (unpaired) electrons. The third-order valence-electron chi connectivity index (χ3n) is 7.61. The van der Waals surface area contributed by atoms with E-state index in [9.17, 15) is 43.2 Å². The molecular formula is C36H51N7O12. The Kier molecular flexibility index (Phi) is 21.8. The first-order chi connectivity index (χ1) is 26.3. The smallest absolute Gasteiger partial charge is 0.253 e. The molecule has 19 heteroatoms. The number of hydrogen-bond donors (Lipinski definition) is 6. The van der Waals surface area contributed by atoms with E-state index in [4.69, 9.17) is 14.2 Å². The summed E-state index contributed by atoms with van der Waals surface area (Å²) in [6.07, 6.45) is 2.96. The number of imide groups is 1. The number of benzene rings is 1. The highest BCUT2D eigenvalue weighted by Gasteiger charge is 2.23. The highest BCUT2D eigenvalue weighted by molar-refractivity contribution is 6.12. The Morgan fingerprint density at radius 2 is 1.25 bits per heavy atom. The molecular weight excluding hydrogens is 722 g/mol. The molecule has 302 valence electrons. The third kappa shape index (κ3) is 20.5. The standard InChI is InChI=1S/C36H51N7O12/c1-25(2)28(44)23-55-24-41-32(48)21-40-36(52)27(19-26-7-4-3-5-8-26)42-33(49)22-39-31(47)20-38-30(46)12-15-53-17-18-54-16-13-37-29(45)9-6-14-43-34(50)10-11-35(43)51/h3-5,7-8,10-11,25,27H,6,9,12-24H2,1-2H3,(H,37,45)(H,38,46)(H,39,47)(H,40,52)(H,41,48)(H,42,49). The minimum Gasteiger partial charge on any atom is -0.379 e. The van der Waals surface area contributed by atoms with Crippen LogP contribution in [0.3, 0.4) is 0 Å². The van der Waals surface area contributed by atoms with Crippen molar-refractivity contribution in [2.45, 2.75) is 45.6 Å². The number of nitrogens with one attached hydrogen (secondary N) is 6. The molecule has 0 aromatic heterocycles. The number of carbonyl (C=O) groups excluding carboxylic acids is 9. The zero-order valence-corrected chi connectivity index (χ0v) is 31.1. The van der Waals surface area contributed by atoms with Gasteiger partial charge in [-0.05, 0) is 12.0 Å². The first kappa shape index (κ1) is 45.6. The molecule has 1 aromatic rings. The van der Waals surface area contributed by atoms with Crippen LogP contribution in [0.1, 0.15) is 38.7 Å². The van der Waals surface area contributed by atoms with E-state index < -0.39 is 55.2 Å². The monoisotopic (exact) mass is 773 g/mol. The van der Waals surface area contributed by atoms with Crippen molar-refractivity contribution >= 4 is 53.0 Å². The van der Waals surface area contributed by atoms with Crippen molar-refractivity contribution in [3.63, 3.8) is 0 Å². The van der Waals surface area contributed by atoms with Gasteiger partial charge in [0.2, 0.25) is 35.4 Å². The van der Waals surface area contributed by atoms with E-state index in [1.165, 1.54) is 12.2 Å². The molecule has 1 heterocycles. The fraction of sp³-hybridized carbons (Fsp3) is 0.528. The normalized spacial score (nSPS) is 12.6. The number of carbonyl (C=O) groups is 9. The second-order valence-electron chi connectivity index (χ2n) is 12.4. The van der Waals surface area contributed by atoms with Crippen LogP contribution in [-0.4, -0.2) is 136 Å². The number of hydrogen-bond acceptors (Lipinski definition) is 12. The van der Waals surface area contributed by atoms with Gasteiger partial charge < -0.3 is 46.1 Å². The molecule has 19 nitrogen and oxygen atoms in total. The van der Waals surface area contributed by atoms with Crippen molar-refractivity contribution in [2.24, 2.45) is 5.92 Å². The van der Waals surface area contributed by atoms with Gasteiger partial charge >= 0.3 is 0 Å². The lowest BCUT2D eigenvalue weighted by molar-refractivity contribution is -0.137. The molecule has 0 bridgehead atoms. The van der Waals surface area contributed by atoms with Crippen molar-refractivity contribution in [1.82, 2.24) is 36.8 Å². The Hall–Kier alpha value is -5.53. The molecule has 55 heavy (non-hydrogen) atoms. The molecule has 1 aliphatic heterocycles. The molecule has 8 amide bonds. The lowest BCUT2D eigenvalue weighted by Crippen LogP contribution is -2.52. The molecule has 1 atom stereocenters. The van der Waals surface area contributed by atoms with Crippen LogP contribution in [0.5, 0.6) is 0 Å². The summed E-state index contributed by atoms with van der Waals surface area (Å²) in [5, 5.41) is 14.9. The molecule has 0 spiro atoms. The predicted molar refractivity (Wildman–Crippen MR) is 194 cm³/mol. The van der Waals surface area contributed by atoms with Crippen molar-refractivity contribution < 1.29 is 57.4 Å². The molecule has 1 aliphatic rings. The zero-order chi connectivity index (χ0) is 40.4. The van der Waals surface area contributed by atoms with Crippen LogP contribution in [0.25, 0.3) is 0 Å². The lowest BCUT2D eigenvalue weighted by Gasteiger charge is -2.19. The maximum absolute atomic E-state index is 12.9. The Morgan fingerprint density at radius 1 is 0.655 bits per heavy atom. The van der Waals surface area contributed by atoms with Gasteiger partial charge in [-0.2, -0.15) is 0 Å². The van der Waals surface area contributed by atoms with E-state index in [1.54, 1.807) is 44.2 Å². The molecule has 6 N–H and O–H groups in total. The van der Waals surface area contributed by atoms with Crippen LogP contribution in [-0.2, 0) is 63.8 Å². The van der Waals surface area contributed by atoms with Crippen LogP contribution in [0.15, 0.2) is 42.5 Å². The number of Topliss-reactive ketones (excluding diaryl/α,β-unsaturated/α-hetero) is 1. The lowest BCUT2D eigenvalue weighted by atomic mass is 10.1. The topological polar surface area (TPSA) is 257 Å². The van der Waals surface area contributed by atoms with E-state index in [1.807, 2.05) is 0 Å². The van der Waals surface area contributed by atoms with Crippen LogP contribution in [0.4, 0.5) is 0 Å². The highest BCUT2D eigenvalue weighted by Crippen LogP contribution is 2.06. The second kappa shape index (κ2) is 26.3. The highest BCUT2D eigenvalue weighted by atomic mass is 16.5. The van der Waals surface area contributed by atoms with Gasteiger partial charge in [0, 0.05) is 50.4 Å². The van der Waals surface area contributed by atoms with Crippen molar-refractivity contribution in [2.75, 3.05) is 72.5 Å². The number of rotatable bonds is 28. The maximum Gasteiger partial charge on any atom is 0.253 e. The van der Waals surface area contributed by atoms with Crippen molar-refractivity contribution in [3.8, 4) is 0 Å². The fourth-order valence-electron chi connectivity index (χ4n) is 4.50. The van der Waals surface area contributed by atoms with E-state index in [0.717, 1.165) is 10.5 Å². The molecule has 2 rings (SSSR count). The van der Waals surface area contributed by atoms with Gasteiger partial charge in [-0.3, -0.25) is 48.1 Å². The summed E-state index contributed by atoms with van der Waals surface area (Å²) in [5.41, 5.74) is 0.736. The Balaban J connectivity index is 1.55. The fourth-order valence-corrected chi connectivity index (χ4v) is 4.50. The predicted octanol–water partition coefficient (Wildman–Crippen LogP) is -2.38. The van der Waals surface area contributed by atoms with Gasteiger partial charge in [0.05, 0.1) is 46.1 Å². The number of ether oxygens (including phenoxy) is 3. The Labute approximate surface area is 319 Å². The summed E-state index contributed by atoms with van der Waals surface area (Å²) >= 11 is 0. The molecule has 0 aliphatic carbocycles. The Morgan fingerprint density at radius 3 is 1.95 bits per heavy atom. The number of ketones is 1. The van der Waals surface area contributed by atoms with Gasteiger partial charge in [-0.25, -0.2) is 0 Å². The van der Waals surface area contributed by atoms with Crippen LogP contribution < -0.4 is 31.9 Å². The molecule has 1 unspecified atom stereocenters. The van der Waals surface area contributed by atoms with Crippen LogP contribution in [0.2, 0.25) is 0 Å². The SMILES string of the molecule is CC(C)C(=O)COCNC(=O)CNC(=O)C(Cc1ccccc1)NC(=O)CNC(=O)CNC(=O)CCOCCOCCNC(=O)CCCN1C(=O)C=CC1=O. The average Bonchev–Trinajstić information content (AvgIpc) is 3.48. The molecule has 0 fully saturated rings. The quantitative estimate of drug-likeness (QED) is 0.0297. The maximum atomic E-state index is 12.9. The number of amides is 8. The summed E-state index contributed by atoms with van der Waals surface area (Å²) in [6, 6.07) is 7.78.